The van der Waals surface area contributed by atoms with Crippen LogP contribution in [0.15, 0.2) is 24.3 Å². The van der Waals surface area contributed by atoms with Gasteiger partial charge in [0.15, 0.2) is 0 Å². The van der Waals surface area contributed by atoms with Crippen LogP contribution < -0.4 is 0 Å². The minimum Gasteiger partial charge on any atom is -0.457 e. The molecule has 0 saturated carbocycles. The molecule has 0 N–H and O–H groups in total. The third-order valence-corrected chi connectivity index (χ3v) is 1.60. The number of rotatable bonds is 0. The quantitative estimate of drug-likeness (QED) is 0.618. The predicted molar refractivity (Wildman–Crippen MR) is 45.9 cm³/mol. The molecule has 1 aliphatic rings. The molecule has 1 aromatic rings. The largest absolute Gasteiger partial charge is 0.457 e. The lowest BCUT2D eigenvalue weighted by molar-refractivity contribution is 0.0535. The fourth-order valence-corrected chi connectivity index (χ4v) is 1.07. The van der Waals surface area contributed by atoms with Gasteiger partial charge >= 0.3 is 5.97 Å². The Hall–Kier alpha value is -0.830. The molecule has 3 heteroatoms. The average Bonchev–Trinajstić information content (AvgIpc) is 2.34. The second-order valence-electron chi connectivity index (χ2n) is 2.23. The SMILES string of the molecule is Br.O=C1OCc2ccccc21. The summed E-state index contributed by atoms with van der Waals surface area (Å²) in [6, 6.07) is 7.43. The summed E-state index contributed by atoms with van der Waals surface area (Å²) < 4.78 is 4.78. The first-order valence-electron chi connectivity index (χ1n) is 3.13. The number of hydrogen-bond donors (Lipinski definition) is 0. The van der Waals surface area contributed by atoms with E-state index in [1.807, 2.05) is 18.2 Å². The van der Waals surface area contributed by atoms with Crippen molar-refractivity contribution in [2.75, 3.05) is 0 Å². The number of hydrogen-bond acceptors (Lipinski definition) is 2. The zero-order valence-corrected chi connectivity index (χ0v) is 7.45. The van der Waals surface area contributed by atoms with Crippen LogP contribution in [0.5, 0.6) is 0 Å². The van der Waals surface area contributed by atoms with Crippen molar-refractivity contribution in [2.24, 2.45) is 0 Å². The smallest absolute Gasteiger partial charge is 0.338 e. The highest BCUT2D eigenvalue weighted by molar-refractivity contribution is 8.93. The Morgan fingerprint density at radius 3 is 2.73 bits per heavy atom. The van der Waals surface area contributed by atoms with E-state index in [-0.39, 0.29) is 23.0 Å². The normalized spacial score (nSPS) is 13.3. The lowest BCUT2D eigenvalue weighted by Gasteiger charge is -1.87. The molecule has 11 heavy (non-hydrogen) atoms. The summed E-state index contributed by atoms with van der Waals surface area (Å²) in [5, 5.41) is 0. The van der Waals surface area contributed by atoms with E-state index >= 15 is 0 Å². The second-order valence-corrected chi connectivity index (χ2v) is 2.23. The van der Waals surface area contributed by atoms with E-state index in [1.165, 1.54) is 0 Å². The van der Waals surface area contributed by atoms with Crippen LogP contribution >= 0.6 is 17.0 Å². The highest BCUT2D eigenvalue weighted by Crippen LogP contribution is 2.17. The molecular weight excluding hydrogens is 208 g/mol. The number of carbonyl (C=O) groups excluding carboxylic acids is 1. The third kappa shape index (κ3) is 1.28. The van der Waals surface area contributed by atoms with Crippen molar-refractivity contribution in [3.8, 4) is 0 Å². The highest BCUT2D eigenvalue weighted by Gasteiger charge is 2.18. The molecule has 1 aromatic carbocycles. The van der Waals surface area contributed by atoms with E-state index in [1.54, 1.807) is 6.07 Å². The van der Waals surface area contributed by atoms with Crippen molar-refractivity contribution >= 4 is 23.0 Å². The van der Waals surface area contributed by atoms with Crippen molar-refractivity contribution in [3.63, 3.8) is 0 Å². The maximum absolute atomic E-state index is 10.8. The lowest BCUT2D eigenvalue weighted by Crippen LogP contribution is -1.91. The van der Waals surface area contributed by atoms with E-state index < -0.39 is 0 Å². The molecule has 2 rings (SSSR count). The summed E-state index contributed by atoms with van der Waals surface area (Å²) in [4.78, 5) is 10.8. The summed E-state index contributed by atoms with van der Waals surface area (Å²) in [6.07, 6.45) is 0. The molecule has 0 unspecified atom stereocenters. The summed E-state index contributed by atoms with van der Waals surface area (Å²) >= 11 is 0. The summed E-state index contributed by atoms with van der Waals surface area (Å²) in [5.41, 5.74) is 1.70. The van der Waals surface area contributed by atoms with Gasteiger partial charge in [0.1, 0.15) is 6.61 Å². The van der Waals surface area contributed by atoms with Crippen LogP contribution in [0.4, 0.5) is 0 Å². The van der Waals surface area contributed by atoms with Crippen LogP contribution in [0.2, 0.25) is 0 Å². The summed E-state index contributed by atoms with van der Waals surface area (Å²) in [6.45, 7) is 0.439. The standard InChI is InChI=1S/C8H6O2.BrH/c9-8-7-4-2-1-3-6(7)5-10-8;/h1-4H,5H2;1H. The first-order valence-corrected chi connectivity index (χ1v) is 3.13. The number of esters is 1. The number of halogens is 1. The summed E-state index contributed by atoms with van der Waals surface area (Å²) in [7, 11) is 0. The lowest BCUT2D eigenvalue weighted by atomic mass is 10.1. The Morgan fingerprint density at radius 2 is 2.00 bits per heavy atom. The van der Waals surface area contributed by atoms with Gasteiger partial charge in [0.05, 0.1) is 5.56 Å². The van der Waals surface area contributed by atoms with Crippen molar-refractivity contribution in [1.82, 2.24) is 0 Å². The van der Waals surface area contributed by atoms with Crippen molar-refractivity contribution < 1.29 is 9.53 Å². The van der Waals surface area contributed by atoms with Crippen LogP contribution in [0.25, 0.3) is 0 Å². The minimum absolute atomic E-state index is 0. The number of carbonyl (C=O) groups is 1. The molecule has 0 spiro atoms. The number of fused-ring (bicyclic) bond motifs is 1. The van der Waals surface area contributed by atoms with Gasteiger partial charge in [0.25, 0.3) is 0 Å². The predicted octanol–water partition coefficient (Wildman–Crippen LogP) is 1.93. The van der Waals surface area contributed by atoms with Gasteiger partial charge in [-0.1, -0.05) is 18.2 Å². The van der Waals surface area contributed by atoms with Crippen LogP contribution in [-0.2, 0) is 11.3 Å². The molecule has 0 aliphatic carbocycles. The van der Waals surface area contributed by atoms with Gasteiger partial charge in [-0.15, -0.1) is 17.0 Å². The number of benzene rings is 1. The van der Waals surface area contributed by atoms with Gasteiger partial charge in [0, 0.05) is 5.56 Å². The molecule has 1 aliphatic heterocycles. The van der Waals surface area contributed by atoms with Crippen molar-refractivity contribution in [2.45, 2.75) is 6.61 Å². The van der Waals surface area contributed by atoms with Crippen molar-refractivity contribution in [1.29, 1.82) is 0 Å². The third-order valence-electron chi connectivity index (χ3n) is 1.60. The Kier molecular flexibility index (Phi) is 2.29. The van der Waals surface area contributed by atoms with Gasteiger partial charge in [-0.25, -0.2) is 4.79 Å². The maximum Gasteiger partial charge on any atom is 0.338 e. The first-order chi connectivity index (χ1) is 4.88. The van der Waals surface area contributed by atoms with Crippen LogP contribution in [0, 0.1) is 0 Å². The topological polar surface area (TPSA) is 26.3 Å². The summed E-state index contributed by atoms with van der Waals surface area (Å²) in [5.74, 6) is -0.199. The molecular formula is C8H7BrO2. The van der Waals surface area contributed by atoms with Crippen molar-refractivity contribution in [3.05, 3.63) is 35.4 Å². The number of ether oxygens (including phenoxy) is 1. The van der Waals surface area contributed by atoms with Gasteiger partial charge < -0.3 is 4.74 Å². The molecule has 2 nitrogen and oxygen atoms in total. The van der Waals surface area contributed by atoms with E-state index in [9.17, 15) is 4.79 Å². The molecule has 0 saturated heterocycles. The molecule has 0 amide bonds. The fourth-order valence-electron chi connectivity index (χ4n) is 1.07. The Balaban J connectivity index is 0.000000605. The zero-order valence-electron chi connectivity index (χ0n) is 5.74. The van der Waals surface area contributed by atoms with E-state index in [4.69, 9.17) is 4.74 Å². The Bertz CT molecular complexity index is 283. The second kappa shape index (κ2) is 3.05. The van der Waals surface area contributed by atoms with Crippen LogP contribution in [0.3, 0.4) is 0 Å². The van der Waals surface area contributed by atoms with Crippen LogP contribution in [0.1, 0.15) is 15.9 Å². The highest BCUT2D eigenvalue weighted by atomic mass is 79.9. The molecule has 1 heterocycles. The first kappa shape index (κ1) is 8.27. The Morgan fingerprint density at radius 1 is 1.27 bits per heavy atom. The molecule has 0 bridgehead atoms. The molecule has 0 atom stereocenters. The molecule has 0 aromatic heterocycles. The maximum atomic E-state index is 10.8. The Labute approximate surface area is 74.9 Å². The molecule has 0 fully saturated rings. The zero-order chi connectivity index (χ0) is 6.97. The van der Waals surface area contributed by atoms with Gasteiger partial charge in [0.2, 0.25) is 0 Å². The minimum atomic E-state index is -0.199. The van der Waals surface area contributed by atoms with Gasteiger partial charge in [-0.2, -0.15) is 0 Å². The average molecular weight is 215 g/mol. The molecule has 0 radical (unpaired) electrons. The van der Waals surface area contributed by atoms with E-state index in [0.29, 0.717) is 12.2 Å². The fraction of sp³-hybridized carbons (Fsp3) is 0.125. The van der Waals surface area contributed by atoms with Crippen LogP contribution in [-0.4, -0.2) is 5.97 Å². The van der Waals surface area contributed by atoms with E-state index in [2.05, 4.69) is 0 Å². The van der Waals surface area contributed by atoms with E-state index in [0.717, 1.165) is 5.56 Å². The van der Waals surface area contributed by atoms with Gasteiger partial charge in [-0.3, -0.25) is 0 Å². The molecule has 58 valence electrons. The monoisotopic (exact) mass is 214 g/mol. The number of cyclic esters (lactones) is 1. The van der Waals surface area contributed by atoms with Gasteiger partial charge in [-0.05, 0) is 6.07 Å².